The molecule has 0 spiro atoms. The third-order valence-electron chi connectivity index (χ3n) is 0.845. The maximum atomic E-state index is 10.7. The highest BCUT2D eigenvalue weighted by atomic mass is 127. The number of ether oxygens (including phenoxy) is 1. The van der Waals surface area contributed by atoms with Crippen molar-refractivity contribution in [1.82, 2.24) is 5.32 Å². The molecule has 0 bridgehead atoms. The second-order valence-corrected chi connectivity index (χ2v) is 12.0. The van der Waals surface area contributed by atoms with Gasteiger partial charge in [0, 0.05) is 0 Å². The van der Waals surface area contributed by atoms with Crippen molar-refractivity contribution in [3.05, 3.63) is 0 Å². The quantitative estimate of drug-likeness (QED) is 0.268. The van der Waals surface area contributed by atoms with Gasteiger partial charge in [-0.3, -0.25) is 5.32 Å². The van der Waals surface area contributed by atoms with Crippen molar-refractivity contribution in [2.75, 3.05) is 0 Å². The van der Waals surface area contributed by atoms with Gasteiger partial charge in [-0.05, 0) is 90.4 Å². The second-order valence-electron chi connectivity index (χ2n) is 1.61. The van der Waals surface area contributed by atoms with E-state index in [4.69, 9.17) is 4.74 Å². The number of halogens is 4. The lowest BCUT2D eigenvalue weighted by Crippen LogP contribution is -2.37. The molecular formula is C3HI4NO2. The van der Waals surface area contributed by atoms with Crippen molar-refractivity contribution in [3.8, 4) is 0 Å². The molecule has 1 fully saturated rings. The maximum absolute atomic E-state index is 10.7. The van der Waals surface area contributed by atoms with Crippen LogP contribution in [0.15, 0.2) is 0 Å². The largest absolute Gasteiger partial charge is 0.418 e. The fraction of sp³-hybridized carbons (Fsp3) is 0.667. The smallest absolute Gasteiger partial charge is 0.411 e. The van der Waals surface area contributed by atoms with Gasteiger partial charge < -0.3 is 4.74 Å². The fourth-order valence-electron chi connectivity index (χ4n) is 0.407. The predicted octanol–water partition coefficient (Wildman–Crippen LogP) is 2.77. The fourth-order valence-corrected chi connectivity index (χ4v) is 1.74. The van der Waals surface area contributed by atoms with Gasteiger partial charge in [0.05, 0.1) is 0 Å². The summed E-state index contributed by atoms with van der Waals surface area (Å²) in [7, 11) is 0. The molecule has 0 aromatic rings. The normalized spacial score (nSPS) is 27.4. The third kappa shape index (κ3) is 1.92. The van der Waals surface area contributed by atoms with Crippen molar-refractivity contribution in [2.24, 2.45) is 0 Å². The number of hydrogen-bond donors (Lipinski definition) is 1. The van der Waals surface area contributed by atoms with E-state index in [1.165, 1.54) is 0 Å². The van der Waals surface area contributed by atoms with Crippen LogP contribution in [0.5, 0.6) is 0 Å². The van der Waals surface area contributed by atoms with Gasteiger partial charge in [0.2, 0.25) is 1.55 Å². The van der Waals surface area contributed by atoms with E-state index in [9.17, 15) is 4.79 Å². The molecule has 1 heterocycles. The van der Waals surface area contributed by atoms with Crippen LogP contribution < -0.4 is 5.32 Å². The van der Waals surface area contributed by atoms with Gasteiger partial charge in [-0.1, -0.05) is 0 Å². The lowest BCUT2D eigenvalue weighted by atomic mass is 10.7. The zero-order valence-corrected chi connectivity index (χ0v) is 13.0. The van der Waals surface area contributed by atoms with Crippen molar-refractivity contribution in [2.45, 2.75) is 3.17 Å². The van der Waals surface area contributed by atoms with E-state index < -0.39 is 1.61 Å². The number of carbonyl (C=O) groups excluding carboxylic acids is 1. The van der Waals surface area contributed by atoms with Gasteiger partial charge in [0.1, 0.15) is 0 Å². The van der Waals surface area contributed by atoms with Crippen LogP contribution in [0, 0.1) is 0 Å². The Morgan fingerprint density at radius 2 is 1.80 bits per heavy atom. The summed E-state index contributed by atoms with van der Waals surface area (Å²) in [6, 6.07) is 0. The summed E-state index contributed by atoms with van der Waals surface area (Å²) in [6.45, 7) is 0. The number of alkyl halides is 4. The SMILES string of the molecule is O=C1NC(I)(I)C(I)(I)O1. The Morgan fingerprint density at radius 3 is 1.90 bits per heavy atom. The molecule has 1 aliphatic rings. The van der Waals surface area contributed by atoms with Gasteiger partial charge in [-0.2, -0.15) is 0 Å². The summed E-state index contributed by atoms with van der Waals surface area (Å²) in [5.74, 6) is 0. The monoisotopic (exact) mass is 591 g/mol. The summed E-state index contributed by atoms with van der Waals surface area (Å²) < 4.78 is 4.14. The highest BCUT2D eigenvalue weighted by Crippen LogP contribution is 2.51. The Balaban J connectivity index is 2.88. The molecule has 1 rings (SSSR count). The van der Waals surface area contributed by atoms with E-state index >= 15 is 0 Å². The molecule has 10 heavy (non-hydrogen) atoms. The number of alkyl carbamates (subject to hydrolysis) is 1. The Bertz CT molecular complexity index is 161. The topological polar surface area (TPSA) is 38.3 Å². The molecule has 3 nitrogen and oxygen atoms in total. The third-order valence-corrected chi connectivity index (χ3v) is 9.09. The highest BCUT2D eigenvalue weighted by molar-refractivity contribution is 14.2. The zero-order valence-electron chi connectivity index (χ0n) is 4.33. The number of amides is 1. The molecule has 58 valence electrons. The summed E-state index contributed by atoms with van der Waals surface area (Å²) in [6.07, 6.45) is -0.354. The van der Waals surface area contributed by atoms with E-state index in [0.717, 1.165) is 0 Å². The molecule has 1 N–H and O–H groups in total. The number of rotatable bonds is 0. The van der Waals surface area contributed by atoms with Crippen LogP contribution in [-0.2, 0) is 4.74 Å². The molecule has 0 aromatic carbocycles. The number of nitrogens with one attached hydrogen (secondary N) is 1. The first-order valence-corrected chi connectivity index (χ1v) is 6.43. The lowest BCUT2D eigenvalue weighted by Gasteiger charge is -2.22. The first-order chi connectivity index (χ1) is 4.35. The molecule has 0 unspecified atom stereocenters. The molecule has 0 aromatic heterocycles. The Labute approximate surface area is 112 Å². The molecule has 7 heteroatoms. The van der Waals surface area contributed by atoms with E-state index in [0.29, 0.717) is 0 Å². The van der Waals surface area contributed by atoms with Gasteiger partial charge in [-0.15, -0.1) is 0 Å². The minimum Gasteiger partial charge on any atom is -0.418 e. The average molecular weight is 591 g/mol. The first kappa shape index (κ1) is 10.3. The van der Waals surface area contributed by atoms with E-state index in [1.54, 1.807) is 0 Å². The summed E-state index contributed by atoms with van der Waals surface area (Å²) in [5.41, 5.74) is 0. The van der Waals surface area contributed by atoms with Crippen molar-refractivity contribution in [1.29, 1.82) is 0 Å². The highest BCUT2D eigenvalue weighted by Gasteiger charge is 2.55. The molecule has 0 saturated carbocycles. The molecule has 1 saturated heterocycles. The van der Waals surface area contributed by atoms with Crippen molar-refractivity contribution >= 4 is 96.5 Å². The van der Waals surface area contributed by atoms with Crippen molar-refractivity contribution < 1.29 is 9.53 Å². The van der Waals surface area contributed by atoms with E-state index in [2.05, 4.69) is 95.7 Å². The van der Waals surface area contributed by atoms with Gasteiger partial charge in [0.15, 0.2) is 0 Å². The van der Waals surface area contributed by atoms with Gasteiger partial charge in [0.25, 0.3) is 1.61 Å². The molecule has 0 radical (unpaired) electrons. The molecular weight excluding hydrogens is 590 g/mol. The Morgan fingerprint density at radius 1 is 1.30 bits per heavy atom. The van der Waals surface area contributed by atoms with Crippen LogP contribution in [0.1, 0.15) is 0 Å². The molecule has 1 aliphatic heterocycles. The average Bonchev–Trinajstić information content (AvgIpc) is 1.73. The van der Waals surface area contributed by atoms with Crippen LogP contribution in [-0.4, -0.2) is 9.26 Å². The molecule has 0 atom stereocenters. The number of carbonyl (C=O) groups is 1. The van der Waals surface area contributed by atoms with Gasteiger partial charge in [-0.25, -0.2) is 4.79 Å². The van der Waals surface area contributed by atoms with Crippen LogP contribution in [0.3, 0.4) is 0 Å². The van der Waals surface area contributed by atoms with Crippen LogP contribution in [0.2, 0.25) is 0 Å². The maximum Gasteiger partial charge on any atom is 0.411 e. The van der Waals surface area contributed by atoms with Crippen LogP contribution in [0.25, 0.3) is 0 Å². The van der Waals surface area contributed by atoms with Crippen LogP contribution >= 0.6 is 90.4 Å². The summed E-state index contributed by atoms with van der Waals surface area (Å²) in [4.78, 5) is 10.7. The van der Waals surface area contributed by atoms with Crippen molar-refractivity contribution in [3.63, 3.8) is 0 Å². The lowest BCUT2D eigenvalue weighted by molar-refractivity contribution is 0.169. The predicted molar refractivity (Wildman–Crippen MR) is 71.2 cm³/mol. The Kier molecular flexibility index (Phi) is 3.24. The van der Waals surface area contributed by atoms with E-state index in [-0.39, 0.29) is 7.65 Å². The second kappa shape index (κ2) is 3.16. The summed E-state index contributed by atoms with van der Waals surface area (Å²) in [5, 5.41) is 2.68. The minimum atomic E-state index is -0.485. The zero-order chi connectivity index (χ0) is 7.99. The van der Waals surface area contributed by atoms with Gasteiger partial charge >= 0.3 is 6.09 Å². The van der Waals surface area contributed by atoms with Crippen LogP contribution in [0.4, 0.5) is 4.79 Å². The molecule has 1 amide bonds. The first-order valence-electron chi connectivity index (χ1n) is 2.12. The standard InChI is InChI=1S/C3HI4NO2/c4-2(5)3(6,7)10-1(9)8-2/h(H,8,9). The number of cyclic esters (lactones) is 1. The summed E-state index contributed by atoms with van der Waals surface area (Å²) >= 11 is 8.46. The Hall–Kier alpha value is 2.19. The minimum absolute atomic E-state index is 0.347. The van der Waals surface area contributed by atoms with E-state index in [1.807, 2.05) is 0 Å². The molecule has 0 aliphatic carbocycles. The number of hydrogen-bond acceptors (Lipinski definition) is 2.